The number of carbonyl (C=O) groups is 1. The number of piperidine rings is 1. The van der Waals surface area contributed by atoms with Crippen LogP contribution in [0.1, 0.15) is 23.2 Å². The Balaban J connectivity index is 2.05. The predicted molar refractivity (Wildman–Crippen MR) is 76.5 cm³/mol. The van der Waals surface area contributed by atoms with Crippen LogP contribution in [0.2, 0.25) is 0 Å². The number of thioether (sulfide) groups is 1. The van der Waals surface area contributed by atoms with Crippen LogP contribution in [0.5, 0.6) is 0 Å². The molecule has 0 bridgehead atoms. The van der Waals surface area contributed by atoms with Crippen molar-refractivity contribution in [3.8, 4) is 0 Å². The summed E-state index contributed by atoms with van der Waals surface area (Å²) < 4.78 is 13.8. The van der Waals surface area contributed by atoms with Gasteiger partial charge in [-0.25, -0.2) is 4.39 Å². The maximum atomic E-state index is 13.4. The monoisotopic (exact) mass is 331 g/mol. The standard InChI is InChI=1S/C13H15BrFNOS/c1-18-10-4-6-16(7-5-10)13(17)9-2-3-11(14)12(15)8-9/h2-3,8,10H,4-7H2,1H3. The summed E-state index contributed by atoms with van der Waals surface area (Å²) in [5, 5.41) is 0.649. The Morgan fingerprint density at radius 3 is 2.67 bits per heavy atom. The van der Waals surface area contributed by atoms with E-state index in [1.54, 1.807) is 12.1 Å². The predicted octanol–water partition coefficient (Wildman–Crippen LogP) is 3.56. The highest BCUT2D eigenvalue weighted by atomic mass is 79.9. The van der Waals surface area contributed by atoms with Gasteiger partial charge >= 0.3 is 0 Å². The van der Waals surface area contributed by atoms with Crippen molar-refractivity contribution in [3.63, 3.8) is 0 Å². The van der Waals surface area contributed by atoms with E-state index in [1.165, 1.54) is 6.07 Å². The number of likely N-dealkylation sites (tertiary alicyclic amines) is 1. The second-order valence-electron chi connectivity index (χ2n) is 4.36. The average Bonchev–Trinajstić information content (AvgIpc) is 2.41. The maximum Gasteiger partial charge on any atom is 0.253 e. The second-order valence-corrected chi connectivity index (χ2v) is 6.35. The van der Waals surface area contributed by atoms with Crippen molar-refractivity contribution in [2.45, 2.75) is 18.1 Å². The first-order valence-electron chi connectivity index (χ1n) is 5.89. The summed E-state index contributed by atoms with van der Waals surface area (Å²) in [5.41, 5.74) is 0.429. The lowest BCUT2D eigenvalue weighted by Gasteiger charge is -2.31. The van der Waals surface area contributed by atoms with E-state index in [2.05, 4.69) is 22.2 Å². The van der Waals surface area contributed by atoms with E-state index in [4.69, 9.17) is 0 Å². The molecule has 0 aromatic heterocycles. The maximum absolute atomic E-state index is 13.4. The molecule has 0 N–H and O–H groups in total. The number of carbonyl (C=O) groups excluding carboxylic acids is 1. The first-order chi connectivity index (χ1) is 8.61. The van der Waals surface area contributed by atoms with Crippen LogP contribution in [0.25, 0.3) is 0 Å². The van der Waals surface area contributed by atoms with E-state index in [1.807, 2.05) is 16.7 Å². The molecule has 0 spiro atoms. The number of nitrogens with zero attached hydrogens (tertiary/aromatic N) is 1. The minimum Gasteiger partial charge on any atom is -0.339 e. The molecule has 0 unspecified atom stereocenters. The summed E-state index contributed by atoms with van der Waals surface area (Å²) in [7, 11) is 0. The van der Waals surface area contributed by atoms with Gasteiger partial charge in [-0.05, 0) is 53.2 Å². The summed E-state index contributed by atoms with van der Waals surface area (Å²) in [6.45, 7) is 1.53. The van der Waals surface area contributed by atoms with Gasteiger partial charge in [0.05, 0.1) is 4.47 Å². The van der Waals surface area contributed by atoms with Crippen molar-refractivity contribution in [1.82, 2.24) is 4.90 Å². The third kappa shape index (κ3) is 3.06. The fourth-order valence-corrected chi connectivity index (χ4v) is 3.04. The SMILES string of the molecule is CSC1CCN(C(=O)c2ccc(Br)c(F)c2)CC1. The third-order valence-corrected chi connectivity index (χ3v) is 5.01. The fourth-order valence-electron chi connectivity index (χ4n) is 2.11. The Labute approximate surface area is 119 Å². The molecule has 2 nitrogen and oxygen atoms in total. The van der Waals surface area contributed by atoms with E-state index in [0.29, 0.717) is 15.3 Å². The summed E-state index contributed by atoms with van der Waals surface area (Å²) in [6.07, 6.45) is 4.14. The van der Waals surface area contributed by atoms with Crippen molar-refractivity contribution in [1.29, 1.82) is 0 Å². The number of hydrogen-bond acceptors (Lipinski definition) is 2. The van der Waals surface area contributed by atoms with Crippen molar-refractivity contribution >= 4 is 33.6 Å². The molecule has 0 saturated carbocycles. The smallest absolute Gasteiger partial charge is 0.253 e. The van der Waals surface area contributed by atoms with E-state index in [-0.39, 0.29) is 11.7 Å². The first kappa shape index (κ1) is 13.9. The van der Waals surface area contributed by atoms with Gasteiger partial charge in [0.2, 0.25) is 0 Å². The molecule has 1 heterocycles. The second kappa shape index (κ2) is 6.06. The molecule has 1 aromatic rings. The highest BCUT2D eigenvalue weighted by Gasteiger charge is 2.23. The van der Waals surface area contributed by atoms with Gasteiger partial charge in [0, 0.05) is 23.9 Å². The van der Waals surface area contributed by atoms with Crippen LogP contribution in [-0.4, -0.2) is 35.4 Å². The minimum atomic E-state index is -0.389. The normalized spacial score (nSPS) is 16.9. The van der Waals surface area contributed by atoms with Crippen LogP contribution >= 0.6 is 27.7 Å². The number of hydrogen-bond donors (Lipinski definition) is 0. The molecule has 1 saturated heterocycles. The fraction of sp³-hybridized carbons (Fsp3) is 0.462. The van der Waals surface area contributed by atoms with Gasteiger partial charge < -0.3 is 4.90 Å². The van der Waals surface area contributed by atoms with Crippen LogP contribution in [0, 0.1) is 5.82 Å². The molecule has 0 atom stereocenters. The zero-order valence-electron chi connectivity index (χ0n) is 10.2. The van der Waals surface area contributed by atoms with Crippen LogP contribution in [0.15, 0.2) is 22.7 Å². The molecule has 18 heavy (non-hydrogen) atoms. The van der Waals surface area contributed by atoms with Crippen molar-refractivity contribution in [3.05, 3.63) is 34.1 Å². The summed E-state index contributed by atoms with van der Waals surface area (Å²) in [4.78, 5) is 14.0. The molecule has 1 amide bonds. The van der Waals surface area contributed by atoms with Gasteiger partial charge in [-0.3, -0.25) is 4.79 Å². The molecular weight excluding hydrogens is 317 g/mol. The molecule has 2 rings (SSSR count). The lowest BCUT2D eigenvalue weighted by atomic mass is 10.1. The van der Waals surface area contributed by atoms with E-state index in [0.717, 1.165) is 25.9 Å². The molecule has 1 fully saturated rings. The lowest BCUT2D eigenvalue weighted by molar-refractivity contribution is 0.0727. The van der Waals surface area contributed by atoms with E-state index < -0.39 is 0 Å². The Morgan fingerprint density at radius 2 is 2.11 bits per heavy atom. The summed E-state index contributed by atoms with van der Waals surface area (Å²) in [5.74, 6) is -0.458. The Hall–Kier alpha value is -0.550. The van der Waals surface area contributed by atoms with Crippen molar-refractivity contribution < 1.29 is 9.18 Å². The van der Waals surface area contributed by atoms with Crippen LogP contribution in [0.3, 0.4) is 0 Å². The minimum absolute atomic E-state index is 0.0686. The molecule has 0 aliphatic carbocycles. The van der Waals surface area contributed by atoms with E-state index >= 15 is 0 Å². The molecular formula is C13H15BrFNOS. The van der Waals surface area contributed by atoms with Crippen LogP contribution in [-0.2, 0) is 0 Å². The number of halogens is 2. The zero-order chi connectivity index (χ0) is 13.1. The average molecular weight is 332 g/mol. The van der Waals surface area contributed by atoms with Gasteiger partial charge in [0.1, 0.15) is 5.82 Å². The van der Waals surface area contributed by atoms with Crippen LogP contribution < -0.4 is 0 Å². The first-order valence-corrected chi connectivity index (χ1v) is 7.97. The Morgan fingerprint density at radius 1 is 1.44 bits per heavy atom. The number of amides is 1. The topological polar surface area (TPSA) is 20.3 Å². The quantitative estimate of drug-likeness (QED) is 0.825. The zero-order valence-corrected chi connectivity index (χ0v) is 12.6. The van der Waals surface area contributed by atoms with Gasteiger partial charge in [-0.2, -0.15) is 11.8 Å². The highest BCUT2D eigenvalue weighted by molar-refractivity contribution is 9.10. The van der Waals surface area contributed by atoms with E-state index in [9.17, 15) is 9.18 Å². The largest absolute Gasteiger partial charge is 0.339 e. The van der Waals surface area contributed by atoms with Gasteiger partial charge in [0.15, 0.2) is 0 Å². The number of rotatable bonds is 2. The van der Waals surface area contributed by atoms with Gasteiger partial charge in [-0.15, -0.1) is 0 Å². The van der Waals surface area contributed by atoms with Crippen molar-refractivity contribution in [2.75, 3.05) is 19.3 Å². The van der Waals surface area contributed by atoms with Crippen LogP contribution in [0.4, 0.5) is 4.39 Å². The molecule has 5 heteroatoms. The Bertz CT molecular complexity index is 447. The molecule has 0 radical (unpaired) electrons. The summed E-state index contributed by atoms with van der Waals surface area (Å²) >= 11 is 4.94. The number of benzene rings is 1. The van der Waals surface area contributed by atoms with Gasteiger partial charge in [0.25, 0.3) is 5.91 Å². The third-order valence-electron chi connectivity index (χ3n) is 3.23. The molecule has 1 aliphatic rings. The Kier molecular flexibility index (Phi) is 4.67. The van der Waals surface area contributed by atoms with Gasteiger partial charge in [-0.1, -0.05) is 0 Å². The lowest BCUT2D eigenvalue weighted by Crippen LogP contribution is -2.39. The highest BCUT2D eigenvalue weighted by Crippen LogP contribution is 2.23. The van der Waals surface area contributed by atoms with Crippen molar-refractivity contribution in [2.24, 2.45) is 0 Å². The molecule has 1 aromatic carbocycles. The molecule has 98 valence electrons. The molecule has 1 aliphatic heterocycles. The summed E-state index contributed by atoms with van der Waals surface area (Å²) in [6, 6.07) is 4.54.